The molecule has 3 rings (SSSR count). The lowest BCUT2D eigenvalue weighted by Gasteiger charge is -2.23. The van der Waals surface area contributed by atoms with Crippen LogP contribution in [0, 0.1) is 5.41 Å². The maximum atomic E-state index is 12.2. The summed E-state index contributed by atoms with van der Waals surface area (Å²) in [5.41, 5.74) is 4.62. The molecule has 1 atom stereocenters. The molecular weight excluding hydrogens is 284 g/mol. The Morgan fingerprint density at radius 2 is 1.91 bits per heavy atom. The number of rotatable bonds is 3. The molecule has 1 N–H and O–H groups in total. The molecule has 0 unspecified atom stereocenters. The van der Waals surface area contributed by atoms with E-state index >= 15 is 0 Å². The van der Waals surface area contributed by atoms with Crippen molar-refractivity contribution in [2.24, 2.45) is 10.5 Å². The van der Waals surface area contributed by atoms with E-state index in [1.54, 1.807) is 21.3 Å². The van der Waals surface area contributed by atoms with Crippen molar-refractivity contribution < 1.29 is 19.0 Å². The van der Waals surface area contributed by atoms with Crippen molar-refractivity contribution in [2.75, 3.05) is 21.3 Å². The van der Waals surface area contributed by atoms with Gasteiger partial charge in [0.05, 0.1) is 32.5 Å². The molecule has 1 aliphatic heterocycles. The third-order valence-corrected chi connectivity index (χ3v) is 4.56. The molecular formula is C16H20N2O4. The summed E-state index contributed by atoms with van der Waals surface area (Å²) < 4.78 is 16.5. The second-order valence-electron chi connectivity index (χ2n) is 5.77. The predicted octanol–water partition coefficient (Wildman–Crippen LogP) is 1.89. The summed E-state index contributed by atoms with van der Waals surface area (Å²) in [6, 6.07) is 1.95. The molecule has 1 amide bonds. The van der Waals surface area contributed by atoms with Gasteiger partial charge in [-0.15, -0.1) is 0 Å². The van der Waals surface area contributed by atoms with Gasteiger partial charge in [-0.1, -0.05) is 0 Å². The number of hydrogen-bond donors (Lipinski definition) is 1. The maximum absolute atomic E-state index is 12.2. The molecule has 2 aliphatic rings. The number of methoxy groups -OCH3 is 3. The normalized spacial score (nSPS) is 22.9. The van der Waals surface area contributed by atoms with Crippen LogP contribution in [0.15, 0.2) is 11.2 Å². The number of carbonyl (C=O) groups excluding carboxylic acids is 1. The predicted molar refractivity (Wildman–Crippen MR) is 81.8 cm³/mol. The molecule has 1 aromatic rings. The minimum absolute atomic E-state index is 0.0628. The highest BCUT2D eigenvalue weighted by Crippen LogP contribution is 2.48. The van der Waals surface area contributed by atoms with Crippen molar-refractivity contribution in [1.82, 2.24) is 5.43 Å². The number of nitrogens with one attached hydrogen (secondary N) is 1. The van der Waals surface area contributed by atoms with Crippen LogP contribution in [-0.2, 0) is 11.2 Å². The second-order valence-corrected chi connectivity index (χ2v) is 5.77. The van der Waals surface area contributed by atoms with Gasteiger partial charge in [-0.3, -0.25) is 4.79 Å². The van der Waals surface area contributed by atoms with Gasteiger partial charge in [0.2, 0.25) is 5.75 Å². The standard InChI is InChI=1S/C16H20N2O4/c1-16-7-5-6-9-8-10(20-2)12(21-3)13(22-4)11(9)14(16)17-18-15(16)19/h8H,5-7H2,1-4H3,(H,18,19)/t16-/m0/s1. The molecule has 6 heteroatoms. The molecule has 0 aromatic heterocycles. The molecule has 1 aromatic carbocycles. The highest BCUT2D eigenvalue weighted by atomic mass is 16.5. The van der Waals surface area contributed by atoms with E-state index in [0.29, 0.717) is 17.2 Å². The largest absolute Gasteiger partial charge is 0.493 e. The Hall–Kier alpha value is -2.24. The Bertz CT molecular complexity index is 669. The molecule has 0 saturated carbocycles. The summed E-state index contributed by atoms with van der Waals surface area (Å²) in [4.78, 5) is 12.2. The smallest absolute Gasteiger partial charge is 0.252 e. The highest BCUT2D eigenvalue weighted by molar-refractivity contribution is 6.21. The lowest BCUT2D eigenvalue weighted by Crippen LogP contribution is -2.35. The molecule has 0 saturated heterocycles. The third kappa shape index (κ3) is 1.86. The van der Waals surface area contributed by atoms with Gasteiger partial charge in [-0.2, -0.15) is 5.10 Å². The average molecular weight is 304 g/mol. The Labute approximate surface area is 129 Å². The number of hydrazone groups is 1. The zero-order valence-corrected chi connectivity index (χ0v) is 13.3. The van der Waals surface area contributed by atoms with Crippen molar-refractivity contribution in [3.05, 3.63) is 17.2 Å². The lowest BCUT2D eigenvalue weighted by atomic mass is 9.79. The number of aryl methyl sites for hydroxylation is 1. The van der Waals surface area contributed by atoms with Crippen molar-refractivity contribution in [3.8, 4) is 17.2 Å². The van der Waals surface area contributed by atoms with Crippen LogP contribution in [0.1, 0.15) is 30.9 Å². The van der Waals surface area contributed by atoms with E-state index in [-0.39, 0.29) is 5.91 Å². The van der Waals surface area contributed by atoms with Crippen LogP contribution in [0.5, 0.6) is 17.2 Å². The number of fused-ring (bicyclic) bond motifs is 3. The first kappa shape index (κ1) is 14.7. The van der Waals surface area contributed by atoms with Crippen molar-refractivity contribution in [3.63, 3.8) is 0 Å². The van der Waals surface area contributed by atoms with Crippen LogP contribution in [0.4, 0.5) is 0 Å². The molecule has 22 heavy (non-hydrogen) atoms. The molecule has 118 valence electrons. The minimum Gasteiger partial charge on any atom is -0.493 e. The van der Waals surface area contributed by atoms with E-state index in [1.807, 2.05) is 13.0 Å². The quantitative estimate of drug-likeness (QED) is 0.926. The van der Waals surface area contributed by atoms with Crippen LogP contribution in [-0.4, -0.2) is 32.9 Å². The van der Waals surface area contributed by atoms with Crippen LogP contribution in [0.2, 0.25) is 0 Å². The van der Waals surface area contributed by atoms with E-state index in [4.69, 9.17) is 14.2 Å². The Morgan fingerprint density at radius 1 is 1.18 bits per heavy atom. The topological polar surface area (TPSA) is 69.2 Å². The molecule has 0 bridgehead atoms. The van der Waals surface area contributed by atoms with E-state index in [2.05, 4.69) is 10.5 Å². The van der Waals surface area contributed by atoms with Crippen LogP contribution in [0.3, 0.4) is 0 Å². The second kappa shape index (κ2) is 5.19. The Kier molecular flexibility index (Phi) is 3.47. The first-order chi connectivity index (χ1) is 10.6. The van der Waals surface area contributed by atoms with E-state index in [0.717, 1.165) is 36.1 Å². The molecule has 6 nitrogen and oxygen atoms in total. The fourth-order valence-electron chi connectivity index (χ4n) is 3.32. The third-order valence-electron chi connectivity index (χ3n) is 4.56. The molecule has 1 aliphatic carbocycles. The monoisotopic (exact) mass is 304 g/mol. The maximum Gasteiger partial charge on any atom is 0.252 e. The Morgan fingerprint density at radius 3 is 2.55 bits per heavy atom. The van der Waals surface area contributed by atoms with Gasteiger partial charge in [0.25, 0.3) is 5.91 Å². The summed E-state index contributed by atoms with van der Waals surface area (Å²) in [5, 5.41) is 4.29. The summed E-state index contributed by atoms with van der Waals surface area (Å²) in [5.74, 6) is 1.65. The molecule has 0 fully saturated rings. The van der Waals surface area contributed by atoms with Crippen LogP contribution in [0.25, 0.3) is 0 Å². The Balaban J connectivity index is 2.30. The summed E-state index contributed by atoms with van der Waals surface area (Å²) in [7, 11) is 4.76. The van der Waals surface area contributed by atoms with Gasteiger partial charge in [-0.25, -0.2) is 5.43 Å². The summed E-state index contributed by atoms with van der Waals surface area (Å²) in [6.07, 6.45) is 2.49. The number of benzene rings is 1. The first-order valence-corrected chi connectivity index (χ1v) is 7.27. The molecule has 1 heterocycles. The average Bonchev–Trinajstić information content (AvgIpc) is 2.72. The van der Waals surface area contributed by atoms with E-state index in [1.165, 1.54) is 0 Å². The van der Waals surface area contributed by atoms with Gasteiger partial charge < -0.3 is 14.2 Å². The van der Waals surface area contributed by atoms with Gasteiger partial charge in [0.15, 0.2) is 11.5 Å². The molecule has 0 spiro atoms. The van der Waals surface area contributed by atoms with Gasteiger partial charge in [0.1, 0.15) is 0 Å². The van der Waals surface area contributed by atoms with Gasteiger partial charge in [-0.05, 0) is 37.8 Å². The summed E-state index contributed by atoms with van der Waals surface area (Å²) >= 11 is 0. The van der Waals surface area contributed by atoms with E-state index in [9.17, 15) is 4.79 Å². The van der Waals surface area contributed by atoms with Crippen LogP contribution < -0.4 is 19.6 Å². The van der Waals surface area contributed by atoms with Crippen molar-refractivity contribution >= 4 is 11.6 Å². The fraction of sp³-hybridized carbons (Fsp3) is 0.500. The van der Waals surface area contributed by atoms with Crippen molar-refractivity contribution in [1.29, 1.82) is 0 Å². The number of carbonyl (C=O) groups is 1. The first-order valence-electron chi connectivity index (χ1n) is 7.27. The zero-order chi connectivity index (χ0) is 15.9. The fourth-order valence-corrected chi connectivity index (χ4v) is 3.32. The summed E-state index contributed by atoms with van der Waals surface area (Å²) in [6.45, 7) is 1.93. The van der Waals surface area contributed by atoms with Crippen LogP contribution >= 0.6 is 0 Å². The molecule has 0 radical (unpaired) electrons. The lowest BCUT2D eigenvalue weighted by molar-refractivity contribution is -0.125. The number of amides is 1. The van der Waals surface area contributed by atoms with E-state index < -0.39 is 5.41 Å². The number of nitrogens with zero attached hydrogens (tertiary/aromatic N) is 1. The van der Waals surface area contributed by atoms with Gasteiger partial charge in [0, 0.05) is 5.56 Å². The van der Waals surface area contributed by atoms with Crippen molar-refractivity contribution in [2.45, 2.75) is 26.2 Å². The number of hydrogen-bond acceptors (Lipinski definition) is 5. The highest BCUT2D eigenvalue weighted by Gasteiger charge is 2.47. The number of ether oxygens (including phenoxy) is 3. The SMILES string of the molecule is COc1cc2c(c(OC)c1OC)C1=NNC(=O)[C@@]1(C)CCC2. The van der Waals surface area contributed by atoms with Gasteiger partial charge >= 0.3 is 0 Å². The zero-order valence-electron chi connectivity index (χ0n) is 13.3. The minimum atomic E-state index is -0.627.